The Morgan fingerprint density at radius 2 is 2.22 bits per heavy atom. The van der Waals surface area contributed by atoms with Crippen LogP contribution in [0.1, 0.15) is 22.9 Å². The van der Waals surface area contributed by atoms with Crippen molar-refractivity contribution < 1.29 is 4.74 Å². The van der Waals surface area contributed by atoms with Crippen LogP contribution in [0.3, 0.4) is 0 Å². The number of hydrogen-bond acceptors (Lipinski definition) is 7. The number of nitrogens with zero attached hydrogens (tertiary/aromatic N) is 3. The first-order valence-corrected chi connectivity index (χ1v) is 6.27. The van der Waals surface area contributed by atoms with Crippen LogP contribution >= 0.6 is 11.3 Å². The van der Waals surface area contributed by atoms with Crippen molar-refractivity contribution in [1.82, 2.24) is 15.0 Å². The summed E-state index contributed by atoms with van der Waals surface area (Å²) in [5.41, 5.74) is 5.60. The van der Waals surface area contributed by atoms with Gasteiger partial charge < -0.3 is 15.8 Å². The molecule has 0 fully saturated rings. The van der Waals surface area contributed by atoms with Gasteiger partial charge in [0, 0.05) is 17.1 Å². The maximum atomic E-state index is 5.60. The zero-order valence-corrected chi connectivity index (χ0v) is 11.3. The molecule has 0 aliphatic carbocycles. The lowest BCUT2D eigenvalue weighted by Gasteiger charge is -2.12. The topological polar surface area (TPSA) is 86.0 Å². The average molecular weight is 265 g/mol. The Bertz CT molecular complexity index is 542. The number of nitrogen functional groups attached to an aromatic ring is 1. The molecule has 2 heterocycles. The van der Waals surface area contributed by atoms with Gasteiger partial charge in [-0.1, -0.05) is 0 Å². The maximum Gasteiger partial charge on any atom is 0.225 e. The van der Waals surface area contributed by atoms with Crippen molar-refractivity contribution in [2.75, 3.05) is 18.2 Å². The second kappa shape index (κ2) is 5.18. The highest BCUT2D eigenvalue weighted by atomic mass is 32.1. The van der Waals surface area contributed by atoms with Gasteiger partial charge in [-0.05, 0) is 13.8 Å². The molecule has 1 atom stereocenters. The minimum Gasteiger partial charge on any atom is -0.481 e. The van der Waals surface area contributed by atoms with Gasteiger partial charge in [0.25, 0.3) is 0 Å². The summed E-state index contributed by atoms with van der Waals surface area (Å²) in [6.45, 7) is 4.04. The molecule has 0 radical (unpaired) electrons. The number of aryl methyl sites for hydroxylation is 1. The first-order valence-electron chi connectivity index (χ1n) is 5.46. The van der Waals surface area contributed by atoms with Crippen molar-refractivity contribution in [2.24, 2.45) is 0 Å². The number of hydrogen-bond donors (Lipinski definition) is 2. The van der Waals surface area contributed by atoms with Crippen molar-refractivity contribution >= 4 is 23.1 Å². The van der Waals surface area contributed by atoms with Crippen LogP contribution in [-0.2, 0) is 0 Å². The minimum atomic E-state index is 0.0581. The number of methoxy groups -OCH3 is 1. The summed E-state index contributed by atoms with van der Waals surface area (Å²) in [4.78, 5) is 13.5. The lowest BCUT2D eigenvalue weighted by molar-refractivity contribution is 0.398. The van der Waals surface area contributed by atoms with Crippen molar-refractivity contribution in [1.29, 1.82) is 0 Å². The molecule has 0 spiro atoms. The molecule has 2 aromatic rings. The second-order valence-corrected chi connectivity index (χ2v) is 5.10. The van der Waals surface area contributed by atoms with E-state index in [1.54, 1.807) is 24.5 Å². The Hall–Kier alpha value is -1.89. The van der Waals surface area contributed by atoms with Gasteiger partial charge in [-0.3, -0.25) is 0 Å². The number of aromatic nitrogens is 3. The van der Waals surface area contributed by atoms with Gasteiger partial charge in [0.1, 0.15) is 10.8 Å². The van der Waals surface area contributed by atoms with E-state index in [1.807, 2.05) is 20.0 Å². The molecule has 0 bridgehead atoms. The average Bonchev–Trinajstić information content (AvgIpc) is 2.75. The Labute approximate surface area is 109 Å². The summed E-state index contributed by atoms with van der Waals surface area (Å²) < 4.78 is 5.04. The van der Waals surface area contributed by atoms with E-state index in [4.69, 9.17) is 10.5 Å². The third-order valence-corrected chi connectivity index (χ3v) is 3.40. The molecule has 7 heteroatoms. The highest BCUT2D eigenvalue weighted by molar-refractivity contribution is 7.11. The van der Waals surface area contributed by atoms with Crippen molar-refractivity contribution in [3.63, 3.8) is 0 Å². The number of thiazole rings is 1. The second-order valence-electron chi connectivity index (χ2n) is 3.83. The van der Waals surface area contributed by atoms with E-state index >= 15 is 0 Å². The molecule has 18 heavy (non-hydrogen) atoms. The molecule has 2 aromatic heterocycles. The molecule has 0 aliphatic rings. The van der Waals surface area contributed by atoms with Gasteiger partial charge in [-0.25, -0.2) is 4.98 Å². The van der Waals surface area contributed by atoms with Crippen molar-refractivity contribution in [3.8, 4) is 5.88 Å². The van der Waals surface area contributed by atoms with Crippen LogP contribution in [0, 0.1) is 6.92 Å². The maximum absolute atomic E-state index is 5.60. The van der Waals surface area contributed by atoms with Crippen molar-refractivity contribution in [2.45, 2.75) is 19.9 Å². The van der Waals surface area contributed by atoms with Crippen LogP contribution in [0.2, 0.25) is 0 Å². The molecule has 1 unspecified atom stereocenters. The summed E-state index contributed by atoms with van der Waals surface area (Å²) >= 11 is 1.65. The number of ether oxygens (including phenoxy) is 1. The zero-order valence-electron chi connectivity index (χ0n) is 10.5. The Balaban J connectivity index is 2.16. The van der Waals surface area contributed by atoms with Gasteiger partial charge in [0.05, 0.1) is 13.2 Å². The predicted molar refractivity (Wildman–Crippen MR) is 71.9 cm³/mol. The largest absolute Gasteiger partial charge is 0.481 e. The number of anilines is 2. The van der Waals surface area contributed by atoms with E-state index < -0.39 is 0 Å². The SMILES string of the molecule is COc1cc(NC(C)c2ncc(C)s2)nc(N)n1. The monoisotopic (exact) mass is 265 g/mol. The smallest absolute Gasteiger partial charge is 0.225 e. The number of rotatable bonds is 4. The normalized spacial score (nSPS) is 12.2. The van der Waals surface area contributed by atoms with E-state index in [2.05, 4.69) is 20.3 Å². The Morgan fingerprint density at radius 1 is 1.44 bits per heavy atom. The standard InChI is InChI=1S/C11H15N5OS/c1-6-5-13-10(18-6)7(2)14-8-4-9(17-3)16-11(12)15-8/h4-5,7H,1-3H3,(H3,12,14,15,16). The van der Waals surface area contributed by atoms with Crippen LogP contribution in [0.4, 0.5) is 11.8 Å². The highest BCUT2D eigenvalue weighted by Gasteiger charge is 2.11. The lowest BCUT2D eigenvalue weighted by atomic mass is 10.3. The molecule has 3 N–H and O–H groups in total. The molecule has 0 amide bonds. The quantitative estimate of drug-likeness (QED) is 0.879. The summed E-state index contributed by atoms with van der Waals surface area (Å²) in [5.74, 6) is 1.24. The predicted octanol–water partition coefficient (Wildman–Crippen LogP) is 2.01. The number of nitrogens with one attached hydrogen (secondary N) is 1. The van der Waals surface area contributed by atoms with E-state index in [-0.39, 0.29) is 12.0 Å². The Kier molecular flexibility index (Phi) is 3.61. The first kappa shape index (κ1) is 12.6. The number of nitrogens with two attached hydrogens (primary N) is 1. The third kappa shape index (κ3) is 2.86. The van der Waals surface area contributed by atoms with Gasteiger partial charge in [0.15, 0.2) is 0 Å². The fourth-order valence-electron chi connectivity index (χ4n) is 1.48. The molecule has 0 saturated carbocycles. The van der Waals surface area contributed by atoms with Crippen LogP contribution in [0.15, 0.2) is 12.3 Å². The van der Waals surface area contributed by atoms with Gasteiger partial charge in [0.2, 0.25) is 11.8 Å². The summed E-state index contributed by atoms with van der Waals surface area (Å²) in [7, 11) is 1.54. The fraction of sp³-hybridized carbons (Fsp3) is 0.364. The van der Waals surface area contributed by atoms with Gasteiger partial charge in [-0.15, -0.1) is 11.3 Å². The molecule has 0 aromatic carbocycles. The third-order valence-electron chi connectivity index (χ3n) is 2.30. The van der Waals surface area contributed by atoms with E-state index in [9.17, 15) is 0 Å². The zero-order chi connectivity index (χ0) is 13.1. The highest BCUT2D eigenvalue weighted by Crippen LogP contribution is 2.23. The summed E-state index contributed by atoms with van der Waals surface area (Å²) in [6.07, 6.45) is 1.85. The molecular formula is C11H15N5OS. The fourth-order valence-corrected chi connectivity index (χ4v) is 2.25. The van der Waals surface area contributed by atoms with Crippen LogP contribution < -0.4 is 15.8 Å². The van der Waals surface area contributed by atoms with Gasteiger partial charge in [-0.2, -0.15) is 9.97 Å². The van der Waals surface area contributed by atoms with Crippen LogP contribution in [-0.4, -0.2) is 22.1 Å². The molecular weight excluding hydrogens is 250 g/mol. The van der Waals surface area contributed by atoms with E-state index in [0.29, 0.717) is 11.7 Å². The Morgan fingerprint density at radius 3 is 2.83 bits per heavy atom. The lowest BCUT2D eigenvalue weighted by Crippen LogP contribution is -2.09. The van der Waals surface area contributed by atoms with Crippen LogP contribution in [0.25, 0.3) is 0 Å². The van der Waals surface area contributed by atoms with E-state index in [0.717, 1.165) is 5.01 Å². The van der Waals surface area contributed by atoms with Gasteiger partial charge >= 0.3 is 0 Å². The molecule has 2 rings (SSSR count). The van der Waals surface area contributed by atoms with Crippen molar-refractivity contribution in [3.05, 3.63) is 22.1 Å². The first-order chi connectivity index (χ1) is 8.58. The summed E-state index contributed by atoms with van der Waals surface area (Å²) in [5, 5.41) is 4.23. The van der Waals surface area contributed by atoms with Crippen LogP contribution in [0.5, 0.6) is 5.88 Å². The molecule has 6 nitrogen and oxygen atoms in total. The molecule has 0 saturated heterocycles. The summed E-state index contributed by atoms with van der Waals surface area (Å²) in [6, 6.07) is 1.76. The van der Waals surface area contributed by atoms with E-state index in [1.165, 1.54) is 4.88 Å². The molecule has 96 valence electrons. The molecule has 0 aliphatic heterocycles. The minimum absolute atomic E-state index is 0.0581.